The van der Waals surface area contributed by atoms with Crippen molar-refractivity contribution in [2.45, 2.75) is 96.8 Å². The number of fused-ring (bicyclic) bond motifs is 1. The van der Waals surface area contributed by atoms with Crippen molar-refractivity contribution in [2.75, 3.05) is 11.9 Å². The fraction of sp³-hybridized carbons (Fsp3) is 0.696. The summed E-state index contributed by atoms with van der Waals surface area (Å²) in [5.41, 5.74) is 1.55. The van der Waals surface area contributed by atoms with E-state index in [1.165, 1.54) is 54.7 Å². The minimum absolute atomic E-state index is 0.0426. The molecule has 0 saturated heterocycles. The van der Waals surface area contributed by atoms with E-state index in [4.69, 9.17) is 9.84 Å². The number of anilines is 1. The maximum absolute atomic E-state index is 12.8. The van der Waals surface area contributed by atoms with Crippen molar-refractivity contribution in [3.63, 3.8) is 0 Å². The summed E-state index contributed by atoms with van der Waals surface area (Å²) >= 11 is 1.49. The Morgan fingerprint density at radius 2 is 1.53 bits per heavy atom. The van der Waals surface area contributed by atoms with E-state index >= 15 is 0 Å². The zero-order valence-electron chi connectivity index (χ0n) is 18.1. The lowest BCUT2D eigenvalue weighted by Crippen LogP contribution is -2.15. The molecule has 0 aromatic carbocycles. The molecule has 0 unspecified atom stereocenters. The van der Waals surface area contributed by atoms with Crippen LogP contribution in [0.15, 0.2) is 0 Å². The van der Waals surface area contributed by atoms with Crippen molar-refractivity contribution in [3.8, 4) is 0 Å². The topological polar surface area (TPSA) is 92.7 Å². The number of aliphatic carboxylic acids is 1. The van der Waals surface area contributed by atoms with Gasteiger partial charge in [0.05, 0.1) is 12.2 Å². The van der Waals surface area contributed by atoms with Gasteiger partial charge in [0.1, 0.15) is 5.00 Å². The first-order valence-electron chi connectivity index (χ1n) is 11.4. The maximum Gasteiger partial charge on any atom is 0.341 e. The second-order valence-electron chi connectivity index (χ2n) is 7.91. The molecule has 7 heteroatoms. The molecule has 1 aliphatic carbocycles. The SMILES string of the molecule is CCOC(=O)c1c(NC(=O)CCCC(=O)O)sc2c1CCCCCCCCCCC2. The Hall–Kier alpha value is -1.89. The second kappa shape index (κ2) is 13.4. The molecule has 2 N–H and O–H groups in total. The standard InChI is InChI=1S/C23H35NO5S/c1-2-29-23(28)21-17-13-10-8-6-4-3-5-7-9-11-14-18(17)30-22(21)24-19(25)15-12-16-20(26)27/h2-16H2,1H3,(H,24,25)(H,26,27). The van der Waals surface area contributed by atoms with E-state index in [1.54, 1.807) is 6.92 Å². The number of carbonyl (C=O) groups is 3. The van der Waals surface area contributed by atoms with Crippen molar-refractivity contribution in [2.24, 2.45) is 0 Å². The Labute approximate surface area is 183 Å². The number of rotatable bonds is 7. The number of aryl methyl sites for hydroxylation is 1. The normalized spacial score (nSPS) is 15.8. The number of carbonyl (C=O) groups excluding carboxylic acids is 2. The molecule has 0 radical (unpaired) electrons. The third kappa shape index (κ3) is 8.09. The Morgan fingerprint density at radius 1 is 0.933 bits per heavy atom. The van der Waals surface area contributed by atoms with Gasteiger partial charge in [0.15, 0.2) is 0 Å². The van der Waals surface area contributed by atoms with Crippen LogP contribution < -0.4 is 5.32 Å². The van der Waals surface area contributed by atoms with E-state index in [-0.39, 0.29) is 37.7 Å². The zero-order chi connectivity index (χ0) is 21.8. The van der Waals surface area contributed by atoms with Crippen molar-refractivity contribution >= 4 is 34.2 Å². The highest BCUT2D eigenvalue weighted by atomic mass is 32.1. The summed E-state index contributed by atoms with van der Waals surface area (Å²) in [6.07, 6.45) is 12.9. The predicted molar refractivity (Wildman–Crippen MR) is 119 cm³/mol. The van der Waals surface area contributed by atoms with E-state index in [2.05, 4.69) is 5.32 Å². The van der Waals surface area contributed by atoms with Crippen LogP contribution in [0.4, 0.5) is 5.00 Å². The lowest BCUT2D eigenvalue weighted by molar-refractivity contribution is -0.137. The highest BCUT2D eigenvalue weighted by molar-refractivity contribution is 7.17. The molecule has 0 aliphatic heterocycles. The maximum atomic E-state index is 12.8. The van der Waals surface area contributed by atoms with Gasteiger partial charge in [0.2, 0.25) is 5.91 Å². The Morgan fingerprint density at radius 3 is 2.13 bits per heavy atom. The molecule has 1 amide bonds. The number of hydrogen-bond acceptors (Lipinski definition) is 5. The largest absolute Gasteiger partial charge is 0.481 e. The van der Waals surface area contributed by atoms with Gasteiger partial charge in [-0.25, -0.2) is 4.79 Å². The van der Waals surface area contributed by atoms with Gasteiger partial charge in [-0.1, -0.05) is 44.9 Å². The van der Waals surface area contributed by atoms with Crippen LogP contribution in [0, 0.1) is 0 Å². The minimum Gasteiger partial charge on any atom is -0.481 e. The number of hydrogen-bond donors (Lipinski definition) is 2. The van der Waals surface area contributed by atoms with Gasteiger partial charge in [-0.2, -0.15) is 0 Å². The summed E-state index contributed by atoms with van der Waals surface area (Å²) in [7, 11) is 0. The van der Waals surface area contributed by atoms with Gasteiger partial charge in [0, 0.05) is 17.7 Å². The van der Waals surface area contributed by atoms with Crippen molar-refractivity contribution in [1.82, 2.24) is 0 Å². The van der Waals surface area contributed by atoms with E-state index in [9.17, 15) is 14.4 Å². The second-order valence-corrected chi connectivity index (χ2v) is 9.01. The number of nitrogens with one attached hydrogen (secondary N) is 1. The summed E-state index contributed by atoms with van der Waals surface area (Å²) in [4.78, 5) is 37.0. The van der Waals surface area contributed by atoms with Crippen LogP contribution in [0.5, 0.6) is 0 Å². The quantitative estimate of drug-likeness (QED) is 0.532. The lowest BCUT2D eigenvalue weighted by Gasteiger charge is -2.09. The summed E-state index contributed by atoms with van der Waals surface area (Å²) in [5, 5.41) is 12.2. The van der Waals surface area contributed by atoms with Gasteiger partial charge in [-0.3, -0.25) is 9.59 Å². The lowest BCUT2D eigenvalue weighted by atomic mass is 10.00. The van der Waals surface area contributed by atoms with E-state index in [0.717, 1.165) is 37.7 Å². The number of ether oxygens (including phenoxy) is 1. The molecule has 1 heterocycles. The molecule has 1 aliphatic rings. The Balaban J connectivity index is 2.23. The van der Waals surface area contributed by atoms with Gasteiger partial charge in [0.25, 0.3) is 0 Å². The Bertz CT molecular complexity index is 713. The molecule has 0 fully saturated rings. The van der Waals surface area contributed by atoms with E-state index in [1.807, 2.05) is 0 Å². The van der Waals surface area contributed by atoms with Gasteiger partial charge in [-0.05, 0) is 44.6 Å². The summed E-state index contributed by atoms with van der Waals surface area (Å²) < 4.78 is 5.32. The number of amides is 1. The molecular weight excluding hydrogens is 402 g/mol. The molecule has 2 rings (SSSR count). The van der Waals surface area contributed by atoms with Crippen LogP contribution in [0.25, 0.3) is 0 Å². The van der Waals surface area contributed by atoms with Crippen LogP contribution in [0.2, 0.25) is 0 Å². The molecule has 6 nitrogen and oxygen atoms in total. The highest BCUT2D eigenvalue weighted by Crippen LogP contribution is 2.37. The number of esters is 1. The molecule has 1 aromatic heterocycles. The predicted octanol–water partition coefficient (Wildman–Crippen LogP) is 5.73. The monoisotopic (exact) mass is 437 g/mol. The summed E-state index contributed by atoms with van der Waals surface area (Å²) in [6.45, 7) is 2.07. The van der Waals surface area contributed by atoms with Crippen LogP contribution in [-0.4, -0.2) is 29.6 Å². The molecule has 0 atom stereocenters. The first-order chi connectivity index (χ1) is 14.5. The van der Waals surface area contributed by atoms with Crippen molar-refractivity contribution in [3.05, 3.63) is 16.0 Å². The van der Waals surface area contributed by atoms with Crippen LogP contribution >= 0.6 is 11.3 Å². The van der Waals surface area contributed by atoms with Gasteiger partial charge in [-0.15, -0.1) is 11.3 Å². The van der Waals surface area contributed by atoms with Crippen LogP contribution in [0.1, 0.15) is 105 Å². The Kier molecular flexibility index (Phi) is 10.9. The summed E-state index contributed by atoms with van der Waals surface area (Å²) in [6, 6.07) is 0. The van der Waals surface area contributed by atoms with Gasteiger partial charge < -0.3 is 15.2 Å². The fourth-order valence-electron chi connectivity index (χ4n) is 3.90. The minimum atomic E-state index is -0.913. The van der Waals surface area contributed by atoms with Crippen molar-refractivity contribution < 1.29 is 24.2 Å². The molecule has 1 aromatic rings. The number of carboxylic acid groups (broad SMARTS) is 1. The van der Waals surface area contributed by atoms with E-state index < -0.39 is 5.97 Å². The zero-order valence-corrected chi connectivity index (χ0v) is 18.9. The third-order valence-corrected chi connectivity index (χ3v) is 6.66. The average molecular weight is 438 g/mol. The molecular formula is C23H35NO5S. The number of carboxylic acids is 1. The molecule has 0 saturated carbocycles. The summed E-state index contributed by atoms with van der Waals surface area (Å²) in [5.74, 6) is -1.54. The van der Waals surface area contributed by atoms with E-state index in [0.29, 0.717) is 10.6 Å². The van der Waals surface area contributed by atoms with Crippen molar-refractivity contribution in [1.29, 1.82) is 0 Å². The molecule has 0 bridgehead atoms. The molecule has 0 spiro atoms. The van der Waals surface area contributed by atoms with Gasteiger partial charge >= 0.3 is 11.9 Å². The highest BCUT2D eigenvalue weighted by Gasteiger charge is 2.25. The third-order valence-electron chi connectivity index (χ3n) is 5.45. The number of thiophene rings is 1. The molecule has 168 valence electrons. The van der Waals surface area contributed by atoms with Crippen LogP contribution in [0.3, 0.4) is 0 Å². The molecule has 30 heavy (non-hydrogen) atoms. The average Bonchev–Trinajstić information content (AvgIpc) is 3.03. The fourth-order valence-corrected chi connectivity index (χ4v) is 5.19. The van der Waals surface area contributed by atoms with Crippen LogP contribution in [-0.2, 0) is 27.2 Å². The first-order valence-corrected chi connectivity index (χ1v) is 12.2. The first kappa shape index (κ1) is 24.4. The smallest absolute Gasteiger partial charge is 0.341 e.